The fourth-order valence-electron chi connectivity index (χ4n) is 2.80. The quantitative estimate of drug-likeness (QED) is 0.495. The maximum Gasteiger partial charge on any atom is 0.223 e. The van der Waals surface area contributed by atoms with Gasteiger partial charge in [-0.1, -0.05) is 34.9 Å². The lowest BCUT2D eigenvalue weighted by atomic mass is 10.0. The Bertz CT molecular complexity index is 537. The number of aliphatic hydroxyl groups excluding tert-OH is 1. The molecule has 1 aliphatic heterocycles. The van der Waals surface area contributed by atoms with Gasteiger partial charge in [0.1, 0.15) is 0 Å². The highest BCUT2D eigenvalue weighted by Gasteiger charge is 2.34. The van der Waals surface area contributed by atoms with Crippen LogP contribution in [0.5, 0.6) is 0 Å². The highest BCUT2D eigenvalue weighted by atomic mass is 16.3. The van der Waals surface area contributed by atoms with Crippen molar-refractivity contribution in [3.63, 3.8) is 0 Å². The summed E-state index contributed by atoms with van der Waals surface area (Å²) in [7, 11) is 0. The molecule has 0 saturated carbocycles. The van der Waals surface area contributed by atoms with Crippen LogP contribution in [0.4, 0.5) is 0 Å². The first-order valence-electron chi connectivity index (χ1n) is 7.13. The number of amides is 1. The third kappa shape index (κ3) is 3.74. The van der Waals surface area contributed by atoms with Gasteiger partial charge in [0.15, 0.2) is 0 Å². The first-order chi connectivity index (χ1) is 10.2. The lowest BCUT2D eigenvalue weighted by Crippen LogP contribution is -2.31. The number of hydrogen-bond donors (Lipinski definition) is 1. The maximum absolute atomic E-state index is 12.2. The largest absolute Gasteiger partial charge is 0.396 e. The zero-order chi connectivity index (χ0) is 15.2. The number of carbonyl (C=O) groups is 1. The fourth-order valence-corrected chi connectivity index (χ4v) is 2.80. The van der Waals surface area contributed by atoms with E-state index < -0.39 is 0 Å². The molecular formula is C15H20N4O2. The van der Waals surface area contributed by atoms with Crippen molar-refractivity contribution < 1.29 is 9.90 Å². The van der Waals surface area contributed by atoms with E-state index >= 15 is 0 Å². The lowest BCUT2D eigenvalue weighted by molar-refractivity contribution is -0.130. The Morgan fingerprint density at radius 1 is 1.48 bits per heavy atom. The van der Waals surface area contributed by atoms with Crippen LogP contribution in [0.25, 0.3) is 10.4 Å². The Kier molecular flexibility index (Phi) is 5.20. The first kappa shape index (κ1) is 15.4. The number of aryl methyl sites for hydroxylation is 1. The van der Waals surface area contributed by atoms with Gasteiger partial charge in [0, 0.05) is 31.0 Å². The molecule has 1 aliphatic rings. The molecule has 21 heavy (non-hydrogen) atoms. The molecular weight excluding hydrogens is 268 g/mol. The lowest BCUT2D eigenvalue weighted by Gasteiger charge is -2.28. The van der Waals surface area contributed by atoms with Crippen molar-refractivity contribution in [2.75, 3.05) is 19.7 Å². The van der Waals surface area contributed by atoms with E-state index in [2.05, 4.69) is 10.0 Å². The molecule has 1 aromatic rings. The Labute approximate surface area is 124 Å². The van der Waals surface area contributed by atoms with Crippen molar-refractivity contribution in [2.24, 2.45) is 11.0 Å². The van der Waals surface area contributed by atoms with E-state index in [-0.39, 0.29) is 24.5 Å². The molecule has 1 aromatic carbocycles. The minimum atomic E-state index is -0.112. The van der Waals surface area contributed by atoms with E-state index in [9.17, 15) is 9.90 Å². The van der Waals surface area contributed by atoms with Gasteiger partial charge in [-0.05, 0) is 30.4 Å². The summed E-state index contributed by atoms with van der Waals surface area (Å²) >= 11 is 0. The first-order valence-corrected chi connectivity index (χ1v) is 7.13. The van der Waals surface area contributed by atoms with Crippen molar-refractivity contribution in [1.82, 2.24) is 4.90 Å². The highest BCUT2D eigenvalue weighted by molar-refractivity contribution is 5.79. The maximum atomic E-state index is 12.2. The molecule has 2 rings (SSSR count). The Morgan fingerprint density at radius 2 is 2.19 bits per heavy atom. The van der Waals surface area contributed by atoms with Crippen LogP contribution in [0.1, 0.15) is 30.0 Å². The highest BCUT2D eigenvalue weighted by Crippen LogP contribution is 2.31. The third-order valence-corrected chi connectivity index (χ3v) is 3.88. The second kappa shape index (κ2) is 7.11. The molecule has 2 atom stereocenters. The monoisotopic (exact) mass is 288 g/mol. The van der Waals surface area contributed by atoms with Crippen LogP contribution >= 0.6 is 0 Å². The fraction of sp³-hybridized carbons (Fsp3) is 0.533. The van der Waals surface area contributed by atoms with Crippen LogP contribution in [-0.2, 0) is 4.79 Å². The molecule has 2 unspecified atom stereocenters. The molecule has 1 N–H and O–H groups in total. The summed E-state index contributed by atoms with van der Waals surface area (Å²) in [4.78, 5) is 16.8. The predicted molar refractivity (Wildman–Crippen MR) is 79.5 cm³/mol. The van der Waals surface area contributed by atoms with Crippen molar-refractivity contribution in [3.8, 4) is 0 Å². The molecule has 1 fully saturated rings. The zero-order valence-electron chi connectivity index (χ0n) is 12.1. The number of aliphatic hydroxyl groups is 1. The van der Waals surface area contributed by atoms with Crippen LogP contribution in [0, 0.1) is 12.8 Å². The predicted octanol–water partition coefficient (Wildman–Crippen LogP) is 2.58. The topological polar surface area (TPSA) is 89.3 Å². The molecule has 6 heteroatoms. The molecule has 0 aromatic heterocycles. The Hall–Kier alpha value is -2.04. The van der Waals surface area contributed by atoms with E-state index in [4.69, 9.17) is 5.53 Å². The van der Waals surface area contributed by atoms with Gasteiger partial charge in [-0.25, -0.2) is 0 Å². The van der Waals surface area contributed by atoms with Gasteiger partial charge in [0.2, 0.25) is 5.91 Å². The summed E-state index contributed by atoms with van der Waals surface area (Å²) in [5.74, 6) is 0.132. The number of carbonyl (C=O) groups excluding carboxylic acids is 1. The Balaban J connectivity index is 2.16. The van der Waals surface area contributed by atoms with Gasteiger partial charge >= 0.3 is 0 Å². The number of rotatable bonds is 6. The van der Waals surface area contributed by atoms with Gasteiger partial charge < -0.3 is 10.0 Å². The average Bonchev–Trinajstić information content (AvgIpc) is 2.84. The van der Waals surface area contributed by atoms with E-state index in [0.29, 0.717) is 25.9 Å². The van der Waals surface area contributed by atoms with Crippen molar-refractivity contribution in [1.29, 1.82) is 0 Å². The molecule has 0 aliphatic carbocycles. The van der Waals surface area contributed by atoms with E-state index in [1.165, 1.54) is 0 Å². The van der Waals surface area contributed by atoms with Gasteiger partial charge in [-0.15, -0.1) is 0 Å². The molecule has 0 radical (unpaired) electrons. The van der Waals surface area contributed by atoms with Crippen LogP contribution in [0.2, 0.25) is 0 Å². The number of benzene rings is 1. The SMILES string of the molecule is Cc1ccc(C(CCO)N2CC(CN=[N+]=[N-])CC2=O)cc1. The second-order valence-corrected chi connectivity index (χ2v) is 5.47. The minimum absolute atomic E-state index is 0.0311. The molecule has 1 saturated heterocycles. The van der Waals surface area contributed by atoms with Gasteiger partial charge in [-0.3, -0.25) is 4.79 Å². The minimum Gasteiger partial charge on any atom is -0.396 e. The van der Waals surface area contributed by atoms with E-state index in [0.717, 1.165) is 11.1 Å². The smallest absolute Gasteiger partial charge is 0.223 e. The molecule has 0 bridgehead atoms. The Morgan fingerprint density at radius 3 is 2.81 bits per heavy atom. The molecule has 0 spiro atoms. The van der Waals surface area contributed by atoms with Gasteiger partial charge in [-0.2, -0.15) is 0 Å². The summed E-state index contributed by atoms with van der Waals surface area (Å²) in [6.45, 7) is 2.97. The van der Waals surface area contributed by atoms with Crippen LogP contribution in [-0.4, -0.2) is 35.6 Å². The van der Waals surface area contributed by atoms with Crippen LogP contribution in [0.15, 0.2) is 29.4 Å². The van der Waals surface area contributed by atoms with Gasteiger partial charge in [0.05, 0.1) is 6.04 Å². The summed E-state index contributed by atoms with van der Waals surface area (Å²) in [5, 5.41) is 12.9. The van der Waals surface area contributed by atoms with Crippen molar-refractivity contribution in [2.45, 2.75) is 25.8 Å². The summed E-state index contributed by atoms with van der Waals surface area (Å²) in [6.07, 6.45) is 0.926. The van der Waals surface area contributed by atoms with Crippen LogP contribution < -0.4 is 0 Å². The van der Waals surface area contributed by atoms with Gasteiger partial charge in [0.25, 0.3) is 0 Å². The number of nitrogens with zero attached hydrogens (tertiary/aromatic N) is 4. The summed E-state index contributed by atoms with van der Waals surface area (Å²) < 4.78 is 0. The third-order valence-electron chi connectivity index (χ3n) is 3.88. The number of hydrogen-bond acceptors (Lipinski definition) is 3. The van der Waals surface area contributed by atoms with E-state index in [1.54, 1.807) is 4.90 Å². The second-order valence-electron chi connectivity index (χ2n) is 5.47. The van der Waals surface area contributed by atoms with Crippen LogP contribution in [0.3, 0.4) is 0 Å². The average molecular weight is 288 g/mol. The zero-order valence-corrected chi connectivity index (χ0v) is 12.1. The number of azide groups is 1. The summed E-state index contributed by atoms with van der Waals surface area (Å²) in [6, 6.07) is 7.92. The van der Waals surface area contributed by atoms with E-state index in [1.807, 2.05) is 31.2 Å². The van der Waals surface area contributed by atoms with Crippen molar-refractivity contribution >= 4 is 5.91 Å². The van der Waals surface area contributed by atoms with Crippen molar-refractivity contribution in [3.05, 3.63) is 45.8 Å². The number of likely N-dealkylation sites (tertiary alicyclic amines) is 1. The molecule has 112 valence electrons. The molecule has 1 heterocycles. The normalized spacial score (nSPS) is 19.4. The summed E-state index contributed by atoms with van der Waals surface area (Å²) in [5.41, 5.74) is 10.6. The molecule has 1 amide bonds. The standard InChI is InChI=1S/C15H20N4O2/c1-11-2-4-13(5-3-11)14(6-7-20)19-10-12(8-15(19)21)9-17-18-16/h2-5,12,14,20H,6-10H2,1H3. The molecule has 6 nitrogen and oxygen atoms in total.